The largest absolute Gasteiger partial charge is 0.388 e. The lowest BCUT2D eigenvalue weighted by Crippen LogP contribution is -2.58. The molecule has 1 fully saturated rings. The van der Waals surface area contributed by atoms with Crippen molar-refractivity contribution in [1.82, 2.24) is 20.3 Å². The molecule has 3 aromatic rings. The summed E-state index contributed by atoms with van der Waals surface area (Å²) >= 11 is 0. The van der Waals surface area contributed by atoms with Crippen LogP contribution >= 0.6 is 0 Å². The lowest BCUT2D eigenvalue weighted by Gasteiger charge is -2.39. The second-order valence-electron chi connectivity index (χ2n) is 14.5. The smallest absolute Gasteiger partial charge is 0.262 e. The quantitative estimate of drug-likeness (QED) is 0.119. The van der Waals surface area contributed by atoms with Crippen LogP contribution in [-0.4, -0.2) is 105 Å². The molecule has 0 radical (unpaired) electrons. The summed E-state index contributed by atoms with van der Waals surface area (Å²) in [5.74, 6) is -0.450. The number of methoxy groups -OCH3 is 1. The SMILES string of the molecule is CCCN(CCC)c1ccc2cc(C=C(C#N)C(=O)NC(C)(C)CCOC(C)(C)Cc3cn(CC4OC(OC)C(O)C(O)C4O)nn3)ccc2c1. The van der Waals surface area contributed by atoms with Gasteiger partial charge in [0, 0.05) is 50.7 Å². The van der Waals surface area contributed by atoms with Crippen molar-refractivity contribution in [1.29, 1.82) is 5.26 Å². The molecule has 1 amide bonds. The number of carbonyl (C=O) groups excluding carboxylic acids is 1. The van der Waals surface area contributed by atoms with Crippen molar-refractivity contribution in [3.8, 4) is 6.07 Å². The molecule has 2 heterocycles. The molecular formula is C38H54N6O7. The minimum Gasteiger partial charge on any atom is -0.388 e. The van der Waals surface area contributed by atoms with E-state index in [2.05, 4.69) is 58.6 Å². The maximum atomic E-state index is 13.2. The van der Waals surface area contributed by atoms with Crippen LogP contribution < -0.4 is 10.2 Å². The molecule has 0 bridgehead atoms. The predicted octanol–water partition coefficient (Wildman–Crippen LogP) is 3.74. The zero-order chi connectivity index (χ0) is 37.3. The van der Waals surface area contributed by atoms with E-state index in [1.807, 2.05) is 45.9 Å². The van der Waals surface area contributed by atoms with Gasteiger partial charge in [0.15, 0.2) is 6.29 Å². The minimum atomic E-state index is -1.42. The molecular weight excluding hydrogens is 652 g/mol. The van der Waals surface area contributed by atoms with Gasteiger partial charge in [0.2, 0.25) is 0 Å². The highest BCUT2D eigenvalue weighted by Crippen LogP contribution is 2.26. The van der Waals surface area contributed by atoms with Crippen LogP contribution in [0.1, 0.15) is 72.1 Å². The van der Waals surface area contributed by atoms with Crippen molar-refractivity contribution >= 4 is 28.4 Å². The van der Waals surface area contributed by atoms with E-state index in [1.54, 1.807) is 12.3 Å². The molecule has 2 aromatic carbocycles. The average Bonchev–Trinajstić information content (AvgIpc) is 3.52. The van der Waals surface area contributed by atoms with E-state index in [0.29, 0.717) is 25.1 Å². The Morgan fingerprint density at radius 3 is 2.41 bits per heavy atom. The van der Waals surface area contributed by atoms with E-state index in [1.165, 1.54) is 17.5 Å². The topological polar surface area (TPSA) is 175 Å². The van der Waals surface area contributed by atoms with Crippen molar-refractivity contribution in [2.45, 2.75) is 116 Å². The fraction of sp³-hybridized carbons (Fsp3) is 0.579. The van der Waals surface area contributed by atoms with E-state index in [0.717, 1.165) is 42.3 Å². The number of anilines is 1. The molecule has 1 aliphatic heterocycles. The number of aromatic nitrogens is 3. The summed E-state index contributed by atoms with van der Waals surface area (Å²) < 4.78 is 18.4. The number of amides is 1. The Labute approximate surface area is 300 Å². The molecule has 0 spiro atoms. The highest BCUT2D eigenvalue weighted by Gasteiger charge is 2.44. The third kappa shape index (κ3) is 10.8. The van der Waals surface area contributed by atoms with Crippen LogP contribution in [-0.2, 0) is 32.0 Å². The van der Waals surface area contributed by atoms with Gasteiger partial charge >= 0.3 is 0 Å². The second-order valence-corrected chi connectivity index (χ2v) is 14.5. The van der Waals surface area contributed by atoms with Gasteiger partial charge in [-0.3, -0.25) is 4.79 Å². The van der Waals surface area contributed by atoms with E-state index in [9.17, 15) is 25.4 Å². The first-order chi connectivity index (χ1) is 24.2. The Hall–Kier alpha value is -3.90. The molecule has 278 valence electrons. The molecule has 0 saturated carbocycles. The van der Waals surface area contributed by atoms with Crippen LogP contribution in [0.15, 0.2) is 48.2 Å². The highest BCUT2D eigenvalue weighted by atomic mass is 16.7. The molecule has 0 aliphatic carbocycles. The normalized spacial score (nSPS) is 21.4. The number of fused-ring (bicyclic) bond motifs is 1. The van der Waals surface area contributed by atoms with E-state index in [-0.39, 0.29) is 12.1 Å². The number of hydrogen-bond donors (Lipinski definition) is 4. The fourth-order valence-corrected chi connectivity index (χ4v) is 6.23. The Morgan fingerprint density at radius 2 is 1.75 bits per heavy atom. The lowest BCUT2D eigenvalue weighted by atomic mass is 9.98. The van der Waals surface area contributed by atoms with Crippen LogP contribution in [0.5, 0.6) is 0 Å². The summed E-state index contributed by atoms with van der Waals surface area (Å²) in [7, 11) is 1.34. The summed E-state index contributed by atoms with van der Waals surface area (Å²) in [6.45, 7) is 14.4. The lowest BCUT2D eigenvalue weighted by molar-refractivity contribution is -0.292. The first-order valence-electron chi connectivity index (χ1n) is 17.7. The molecule has 5 unspecified atom stereocenters. The fourth-order valence-electron chi connectivity index (χ4n) is 6.23. The number of aliphatic hydroxyl groups excluding tert-OH is 3. The summed E-state index contributed by atoms with van der Waals surface area (Å²) in [4.78, 5) is 15.6. The number of rotatable bonds is 17. The number of hydrogen-bond acceptors (Lipinski definition) is 11. The van der Waals surface area contributed by atoms with Gasteiger partial charge in [-0.2, -0.15) is 5.26 Å². The zero-order valence-corrected chi connectivity index (χ0v) is 30.9. The molecule has 1 aliphatic rings. The van der Waals surface area contributed by atoms with Crippen molar-refractivity contribution in [2.75, 3.05) is 31.7 Å². The number of aliphatic hydroxyl groups is 3. The van der Waals surface area contributed by atoms with Crippen molar-refractivity contribution < 1.29 is 34.3 Å². The number of nitriles is 1. The van der Waals surface area contributed by atoms with Crippen LogP contribution in [0.3, 0.4) is 0 Å². The molecule has 1 aromatic heterocycles. The molecule has 51 heavy (non-hydrogen) atoms. The van der Waals surface area contributed by atoms with Gasteiger partial charge in [0.1, 0.15) is 36.1 Å². The van der Waals surface area contributed by atoms with Crippen molar-refractivity contribution in [3.63, 3.8) is 0 Å². The maximum Gasteiger partial charge on any atom is 0.262 e. The van der Waals surface area contributed by atoms with E-state index >= 15 is 0 Å². The summed E-state index contributed by atoms with van der Waals surface area (Å²) in [6.07, 6.45) is 0.343. The Morgan fingerprint density at radius 1 is 1.06 bits per heavy atom. The average molecular weight is 707 g/mol. The maximum absolute atomic E-state index is 13.2. The number of carbonyl (C=O) groups is 1. The van der Waals surface area contributed by atoms with E-state index < -0.39 is 47.8 Å². The standard InChI is InChI=1S/C38H54N6O7/c1-8-15-43(16-9-2)30-13-12-26-18-25(10-11-27(26)20-30)19-28(22-39)35(48)40-37(3,4)14-17-50-38(5,6)21-29-23-44(42-41-29)24-31-32(45)33(46)34(47)36(49-7)51-31/h10-13,18-20,23,31-34,36,45-47H,8-9,14-17,21,24H2,1-7H3,(H,40,48). The molecule has 1 saturated heterocycles. The van der Waals surface area contributed by atoms with Gasteiger partial charge < -0.3 is 39.7 Å². The third-order valence-corrected chi connectivity index (χ3v) is 9.01. The number of nitrogens with one attached hydrogen (secondary N) is 1. The molecule has 13 heteroatoms. The summed E-state index contributed by atoms with van der Waals surface area (Å²) in [6, 6.07) is 14.4. The molecule has 13 nitrogen and oxygen atoms in total. The van der Waals surface area contributed by atoms with Gasteiger partial charge in [-0.15, -0.1) is 5.10 Å². The summed E-state index contributed by atoms with van der Waals surface area (Å²) in [5.41, 5.74) is 1.36. The Bertz CT molecular complexity index is 1670. The number of ether oxygens (including phenoxy) is 3. The molecule has 4 N–H and O–H groups in total. The monoisotopic (exact) mass is 706 g/mol. The predicted molar refractivity (Wildman–Crippen MR) is 195 cm³/mol. The van der Waals surface area contributed by atoms with E-state index in [4.69, 9.17) is 14.2 Å². The first kappa shape index (κ1) is 39.9. The Balaban J connectivity index is 1.30. The highest BCUT2D eigenvalue weighted by molar-refractivity contribution is 6.02. The summed E-state index contributed by atoms with van der Waals surface area (Å²) in [5, 5.41) is 53.9. The Kier molecular flexibility index (Phi) is 13.7. The molecule has 5 atom stereocenters. The van der Waals surface area contributed by atoms with Gasteiger partial charge in [0.25, 0.3) is 5.91 Å². The number of nitrogens with zero attached hydrogens (tertiary/aromatic N) is 5. The van der Waals surface area contributed by atoms with Gasteiger partial charge in [-0.1, -0.05) is 37.3 Å². The van der Waals surface area contributed by atoms with Crippen molar-refractivity contribution in [2.24, 2.45) is 0 Å². The van der Waals surface area contributed by atoms with Crippen LogP contribution in [0.25, 0.3) is 16.8 Å². The third-order valence-electron chi connectivity index (χ3n) is 9.01. The van der Waals surface area contributed by atoms with Gasteiger partial charge in [-0.25, -0.2) is 4.68 Å². The van der Waals surface area contributed by atoms with Crippen LogP contribution in [0.4, 0.5) is 5.69 Å². The van der Waals surface area contributed by atoms with Crippen LogP contribution in [0.2, 0.25) is 0 Å². The number of benzene rings is 2. The van der Waals surface area contributed by atoms with Gasteiger partial charge in [-0.05, 0) is 87.6 Å². The second kappa shape index (κ2) is 17.5. The van der Waals surface area contributed by atoms with Crippen LogP contribution in [0, 0.1) is 11.3 Å². The minimum absolute atomic E-state index is 0.0232. The zero-order valence-electron chi connectivity index (χ0n) is 30.9. The van der Waals surface area contributed by atoms with Crippen molar-refractivity contribution in [3.05, 3.63) is 59.4 Å². The molecule has 4 rings (SSSR count). The first-order valence-corrected chi connectivity index (χ1v) is 17.7. The van der Waals surface area contributed by atoms with Gasteiger partial charge in [0.05, 0.1) is 17.8 Å².